The van der Waals surface area contributed by atoms with Crippen LogP contribution in [0.1, 0.15) is 26.2 Å². The summed E-state index contributed by atoms with van der Waals surface area (Å²) in [4.78, 5) is 2.63. The normalized spacial score (nSPS) is 11.6. The van der Waals surface area contributed by atoms with Gasteiger partial charge in [-0.2, -0.15) is 0 Å². The van der Waals surface area contributed by atoms with Crippen molar-refractivity contribution in [2.45, 2.75) is 31.1 Å². The summed E-state index contributed by atoms with van der Waals surface area (Å²) in [5.41, 5.74) is 2.72. The van der Waals surface area contributed by atoms with Gasteiger partial charge < -0.3 is 0 Å². The molecule has 5 heteroatoms. The van der Waals surface area contributed by atoms with Crippen LogP contribution in [0, 0.1) is 0 Å². The quantitative estimate of drug-likeness (QED) is 0.565. The van der Waals surface area contributed by atoms with Crippen molar-refractivity contribution >= 4 is 10.0 Å². The standard InChI is InChI=1S/C11H18N2O2S/c1-2-3-7-10-12-13-16(14,15)11-8-5-4-6-9-11/h4-6,8-9,12-13H,2-3,7,10H2,1H3. The van der Waals surface area contributed by atoms with Crippen molar-refractivity contribution in [3.8, 4) is 0 Å². The van der Waals surface area contributed by atoms with Crippen LogP contribution in [0.2, 0.25) is 0 Å². The Morgan fingerprint density at radius 2 is 1.81 bits per heavy atom. The Labute approximate surface area is 97.1 Å². The Kier molecular flexibility index (Phi) is 5.45. The van der Waals surface area contributed by atoms with Crippen molar-refractivity contribution in [3.63, 3.8) is 0 Å². The van der Waals surface area contributed by atoms with Gasteiger partial charge in [0.25, 0.3) is 10.0 Å². The van der Waals surface area contributed by atoms with Crippen molar-refractivity contribution in [2.75, 3.05) is 6.54 Å². The van der Waals surface area contributed by atoms with E-state index in [1.807, 2.05) is 0 Å². The minimum atomic E-state index is -3.41. The Morgan fingerprint density at radius 1 is 1.12 bits per heavy atom. The monoisotopic (exact) mass is 242 g/mol. The molecule has 0 atom stereocenters. The van der Waals surface area contributed by atoms with E-state index in [4.69, 9.17) is 0 Å². The van der Waals surface area contributed by atoms with Gasteiger partial charge in [0.05, 0.1) is 4.90 Å². The van der Waals surface area contributed by atoms with E-state index in [9.17, 15) is 8.42 Å². The molecule has 0 saturated carbocycles. The number of hydrogen-bond acceptors (Lipinski definition) is 3. The van der Waals surface area contributed by atoms with Crippen molar-refractivity contribution < 1.29 is 8.42 Å². The zero-order valence-corrected chi connectivity index (χ0v) is 10.3. The molecule has 1 aromatic carbocycles. The van der Waals surface area contributed by atoms with Crippen LogP contribution in [0.25, 0.3) is 0 Å². The first-order valence-electron chi connectivity index (χ1n) is 5.46. The predicted octanol–water partition coefficient (Wildman–Crippen LogP) is 1.66. The van der Waals surface area contributed by atoms with Gasteiger partial charge in [0.15, 0.2) is 0 Å². The number of unbranched alkanes of at least 4 members (excludes halogenated alkanes) is 2. The Balaban J connectivity index is 2.41. The van der Waals surface area contributed by atoms with Crippen molar-refractivity contribution in [1.82, 2.24) is 10.3 Å². The summed E-state index contributed by atoms with van der Waals surface area (Å²) in [6.07, 6.45) is 3.18. The van der Waals surface area contributed by atoms with Gasteiger partial charge in [-0.25, -0.2) is 13.8 Å². The predicted molar refractivity (Wildman–Crippen MR) is 64.3 cm³/mol. The second-order valence-corrected chi connectivity index (χ2v) is 5.23. The maximum atomic E-state index is 11.7. The summed E-state index contributed by atoms with van der Waals surface area (Å²) in [5, 5.41) is 0. The Hall–Kier alpha value is -0.910. The van der Waals surface area contributed by atoms with E-state index in [-0.39, 0.29) is 4.90 Å². The zero-order valence-electron chi connectivity index (χ0n) is 9.44. The first kappa shape index (κ1) is 13.2. The van der Waals surface area contributed by atoms with Crippen LogP contribution in [-0.2, 0) is 10.0 Å². The van der Waals surface area contributed by atoms with Crippen LogP contribution in [0.4, 0.5) is 0 Å². The maximum absolute atomic E-state index is 11.7. The summed E-state index contributed by atoms with van der Waals surface area (Å²) in [5.74, 6) is 0. The van der Waals surface area contributed by atoms with Crippen LogP contribution < -0.4 is 10.3 Å². The van der Waals surface area contributed by atoms with Crippen molar-refractivity contribution in [1.29, 1.82) is 0 Å². The van der Waals surface area contributed by atoms with Gasteiger partial charge in [0, 0.05) is 6.54 Å². The summed E-state index contributed by atoms with van der Waals surface area (Å²) in [7, 11) is -3.41. The Bertz CT molecular complexity index is 390. The molecule has 0 bridgehead atoms. The van der Waals surface area contributed by atoms with E-state index in [0.29, 0.717) is 6.54 Å². The molecule has 0 radical (unpaired) electrons. The van der Waals surface area contributed by atoms with Gasteiger partial charge in [0.2, 0.25) is 0 Å². The Morgan fingerprint density at radius 3 is 2.44 bits per heavy atom. The van der Waals surface area contributed by atoms with E-state index in [1.54, 1.807) is 30.3 Å². The average molecular weight is 242 g/mol. The fraction of sp³-hybridized carbons (Fsp3) is 0.455. The molecule has 0 aliphatic carbocycles. The topological polar surface area (TPSA) is 58.2 Å². The molecule has 0 saturated heterocycles. The number of sulfonamides is 1. The number of rotatable bonds is 7. The smallest absolute Gasteiger partial charge is 0.244 e. The summed E-state index contributed by atoms with van der Waals surface area (Å²) < 4.78 is 23.4. The van der Waals surface area contributed by atoms with Gasteiger partial charge in [-0.15, -0.1) is 4.83 Å². The highest BCUT2D eigenvalue weighted by molar-refractivity contribution is 7.89. The lowest BCUT2D eigenvalue weighted by atomic mass is 10.3. The molecule has 16 heavy (non-hydrogen) atoms. The summed E-state index contributed by atoms with van der Waals surface area (Å²) in [6, 6.07) is 8.32. The molecule has 0 unspecified atom stereocenters. The highest BCUT2D eigenvalue weighted by Crippen LogP contribution is 2.05. The molecular formula is C11H18N2O2S. The minimum Gasteiger partial charge on any atom is -0.244 e. The molecular weight excluding hydrogens is 224 g/mol. The van der Waals surface area contributed by atoms with Gasteiger partial charge in [-0.3, -0.25) is 0 Å². The highest BCUT2D eigenvalue weighted by atomic mass is 32.2. The largest absolute Gasteiger partial charge is 0.253 e. The lowest BCUT2D eigenvalue weighted by Gasteiger charge is -2.07. The van der Waals surface area contributed by atoms with Crippen LogP contribution in [0.5, 0.6) is 0 Å². The third-order valence-electron chi connectivity index (χ3n) is 2.17. The van der Waals surface area contributed by atoms with E-state index < -0.39 is 10.0 Å². The molecule has 4 nitrogen and oxygen atoms in total. The van der Waals surface area contributed by atoms with Crippen molar-refractivity contribution in [3.05, 3.63) is 30.3 Å². The molecule has 0 aromatic heterocycles. The molecule has 0 spiro atoms. The van der Waals surface area contributed by atoms with E-state index >= 15 is 0 Å². The maximum Gasteiger partial charge on any atom is 0.253 e. The second kappa shape index (κ2) is 6.62. The number of hydrazine groups is 1. The minimum absolute atomic E-state index is 0.276. The zero-order chi connectivity index (χ0) is 11.9. The first-order chi connectivity index (χ1) is 7.67. The van der Waals surface area contributed by atoms with Gasteiger partial charge >= 0.3 is 0 Å². The van der Waals surface area contributed by atoms with Gasteiger partial charge in [0.1, 0.15) is 0 Å². The van der Waals surface area contributed by atoms with Gasteiger partial charge in [-0.05, 0) is 18.6 Å². The molecule has 0 fully saturated rings. The lowest BCUT2D eigenvalue weighted by molar-refractivity contribution is 0.544. The fourth-order valence-electron chi connectivity index (χ4n) is 1.27. The molecule has 2 N–H and O–H groups in total. The van der Waals surface area contributed by atoms with E-state index in [2.05, 4.69) is 17.2 Å². The summed E-state index contributed by atoms with van der Waals surface area (Å²) >= 11 is 0. The van der Waals surface area contributed by atoms with Crippen LogP contribution >= 0.6 is 0 Å². The third kappa shape index (κ3) is 4.30. The van der Waals surface area contributed by atoms with Gasteiger partial charge in [-0.1, -0.05) is 38.0 Å². The summed E-state index contributed by atoms with van der Waals surface area (Å²) in [6.45, 7) is 2.76. The van der Waals surface area contributed by atoms with Crippen molar-refractivity contribution in [2.24, 2.45) is 0 Å². The third-order valence-corrected chi connectivity index (χ3v) is 3.47. The molecule has 0 aliphatic rings. The highest BCUT2D eigenvalue weighted by Gasteiger charge is 2.11. The second-order valence-electron chi connectivity index (χ2n) is 3.55. The molecule has 90 valence electrons. The fourth-order valence-corrected chi connectivity index (χ4v) is 2.19. The first-order valence-corrected chi connectivity index (χ1v) is 6.95. The van der Waals surface area contributed by atoms with E-state index in [0.717, 1.165) is 19.3 Å². The van der Waals surface area contributed by atoms with Crippen LogP contribution in [0.15, 0.2) is 35.2 Å². The SMILES string of the molecule is CCCCCNNS(=O)(=O)c1ccccc1. The number of hydrogen-bond donors (Lipinski definition) is 2. The molecule has 0 amide bonds. The number of nitrogens with one attached hydrogen (secondary N) is 2. The average Bonchev–Trinajstić information content (AvgIpc) is 2.30. The molecule has 0 aliphatic heterocycles. The van der Waals surface area contributed by atoms with E-state index in [1.165, 1.54) is 0 Å². The van der Waals surface area contributed by atoms with Crippen LogP contribution in [-0.4, -0.2) is 15.0 Å². The molecule has 1 rings (SSSR count). The lowest BCUT2D eigenvalue weighted by Crippen LogP contribution is -2.37. The molecule has 1 aromatic rings. The van der Waals surface area contributed by atoms with Crippen LogP contribution in [0.3, 0.4) is 0 Å². The molecule has 0 heterocycles. The number of benzene rings is 1.